The van der Waals surface area contributed by atoms with Gasteiger partial charge in [0.25, 0.3) is 0 Å². The van der Waals surface area contributed by atoms with Crippen LogP contribution in [0.2, 0.25) is 5.02 Å². The molecule has 0 radical (unpaired) electrons. The second-order valence-electron chi connectivity index (χ2n) is 2.55. The summed E-state index contributed by atoms with van der Waals surface area (Å²) < 4.78 is 35.9. The normalized spacial score (nSPS) is 11.3. The predicted molar refractivity (Wildman–Crippen MR) is 53.8 cm³/mol. The summed E-state index contributed by atoms with van der Waals surface area (Å²) in [6, 6.07) is 4.22. The molecule has 0 atom stereocenters. The maximum atomic E-state index is 11.9. The Morgan fingerprint density at radius 2 is 2.00 bits per heavy atom. The van der Waals surface area contributed by atoms with Gasteiger partial charge in [-0.25, -0.2) is 0 Å². The third-order valence-electron chi connectivity index (χ3n) is 1.46. The summed E-state index contributed by atoms with van der Waals surface area (Å²) in [5.41, 5.74) is -0.0233. The van der Waals surface area contributed by atoms with E-state index < -0.39 is 12.1 Å². The van der Waals surface area contributed by atoms with Crippen LogP contribution in [-0.4, -0.2) is 12.1 Å². The molecule has 15 heavy (non-hydrogen) atoms. The molecule has 82 valence electrons. The minimum atomic E-state index is -4.91. The van der Waals surface area contributed by atoms with E-state index in [1.165, 1.54) is 18.2 Å². The standard InChI is InChI=1S/C8H4BrClF3NO/c9-6-4(10)2-1-3-5(6)14-7(15)8(11,12)13/h1-3H,(H,14,15). The van der Waals surface area contributed by atoms with Crippen molar-refractivity contribution in [2.45, 2.75) is 6.18 Å². The maximum Gasteiger partial charge on any atom is 0.471 e. The molecule has 0 aliphatic heterocycles. The van der Waals surface area contributed by atoms with Crippen LogP contribution in [0.5, 0.6) is 0 Å². The Kier molecular flexibility index (Phi) is 3.62. The lowest BCUT2D eigenvalue weighted by Crippen LogP contribution is -2.30. The van der Waals surface area contributed by atoms with Gasteiger partial charge in [0.15, 0.2) is 0 Å². The fourth-order valence-corrected chi connectivity index (χ4v) is 1.33. The van der Waals surface area contributed by atoms with Crippen LogP contribution >= 0.6 is 27.5 Å². The van der Waals surface area contributed by atoms with Gasteiger partial charge in [-0.05, 0) is 28.1 Å². The average molecular weight is 302 g/mol. The van der Waals surface area contributed by atoms with Crippen LogP contribution in [0.3, 0.4) is 0 Å². The van der Waals surface area contributed by atoms with Crippen molar-refractivity contribution in [3.8, 4) is 0 Å². The summed E-state index contributed by atoms with van der Waals surface area (Å²) in [6.45, 7) is 0. The molecule has 0 aliphatic carbocycles. The van der Waals surface area contributed by atoms with E-state index in [1.807, 2.05) is 0 Å². The Labute approximate surface area is 96.5 Å². The highest BCUT2D eigenvalue weighted by molar-refractivity contribution is 9.10. The highest BCUT2D eigenvalue weighted by Gasteiger charge is 2.38. The van der Waals surface area contributed by atoms with E-state index in [9.17, 15) is 18.0 Å². The molecule has 0 heterocycles. The number of nitrogens with one attached hydrogen (secondary N) is 1. The molecule has 1 aromatic rings. The minimum absolute atomic E-state index is 0.0233. The van der Waals surface area contributed by atoms with Crippen molar-refractivity contribution in [1.82, 2.24) is 0 Å². The third kappa shape index (κ3) is 3.10. The summed E-state index contributed by atoms with van der Waals surface area (Å²) in [5.74, 6) is -2.04. The summed E-state index contributed by atoms with van der Waals surface area (Å²) in [6.07, 6.45) is -4.91. The van der Waals surface area contributed by atoms with Gasteiger partial charge in [0, 0.05) is 0 Å². The number of hydrogen-bond donors (Lipinski definition) is 1. The first-order valence-electron chi connectivity index (χ1n) is 3.64. The molecule has 2 nitrogen and oxygen atoms in total. The quantitative estimate of drug-likeness (QED) is 0.843. The third-order valence-corrected chi connectivity index (χ3v) is 2.85. The molecule has 0 aromatic heterocycles. The lowest BCUT2D eigenvalue weighted by molar-refractivity contribution is -0.167. The van der Waals surface area contributed by atoms with Crippen LogP contribution in [0.4, 0.5) is 18.9 Å². The van der Waals surface area contributed by atoms with Gasteiger partial charge in [-0.3, -0.25) is 4.79 Å². The van der Waals surface area contributed by atoms with Gasteiger partial charge in [-0.15, -0.1) is 0 Å². The topological polar surface area (TPSA) is 29.1 Å². The number of carbonyl (C=O) groups is 1. The molecule has 0 unspecified atom stereocenters. The highest BCUT2D eigenvalue weighted by atomic mass is 79.9. The van der Waals surface area contributed by atoms with E-state index in [2.05, 4.69) is 15.9 Å². The van der Waals surface area contributed by atoms with Crippen molar-refractivity contribution in [3.63, 3.8) is 0 Å². The Morgan fingerprint density at radius 3 is 2.53 bits per heavy atom. The molecule has 7 heteroatoms. The molecule has 0 fully saturated rings. The number of hydrogen-bond acceptors (Lipinski definition) is 1. The number of rotatable bonds is 1. The fourth-order valence-electron chi connectivity index (χ4n) is 0.794. The maximum absolute atomic E-state index is 11.9. The van der Waals surface area contributed by atoms with E-state index in [0.717, 1.165) is 0 Å². The lowest BCUT2D eigenvalue weighted by Gasteiger charge is -2.09. The molecule has 0 saturated carbocycles. The SMILES string of the molecule is O=C(Nc1cccc(Cl)c1Br)C(F)(F)F. The number of carbonyl (C=O) groups excluding carboxylic acids is 1. The smallest absolute Gasteiger partial charge is 0.317 e. The molecule has 1 rings (SSSR count). The molecular weight excluding hydrogens is 298 g/mol. The second kappa shape index (κ2) is 4.40. The number of amides is 1. The fraction of sp³-hybridized carbons (Fsp3) is 0.125. The largest absolute Gasteiger partial charge is 0.471 e. The Bertz CT molecular complexity index is 394. The number of benzene rings is 1. The van der Waals surface area contributed by atoms with Gasteiger partial charge >= 0.3 is 12.1 Å². The lowest BCUT2D eigenvalue weighted by atomic mass is 10.3. The van der Waals surface area contributed by atoms with Crippen molar-refractivity contribution in [2.24, 2.45) is 0 Å². The van der Waals surface area contributed by atoms with Crippen LogP contribution < -0.4 is 5.32 Å². The summed E-state index contributed by atoms with van der Waals surface area (Å²) >= 11 is 8.59. The molecule has 1 N–H and O–H groups in total. The molecular formula is C8H4BrClF3NO. The van der Waals surface area contributed by atoms with E-state index in [4.69, 9.17) is 11.6 Å². The highest BCUT2D eigenvalue weighted by Crippen LogP contribution is 2.31. The van der Waals surface area contributed by atoms with E-state index >= 15 is 0 Å². The molecule has 0 saturated heterocycles. The first-order valence-corrected chi connectivity index (χ1v) is 4.81. The Morgan fingerprint density at radius 1 is 1.40 bits per heavy atom. The zero-order chi connectivity index (χ0) is 11.6. The van der Waals surface area contributed by atoms with E-state index in [1.54, 1.807) is 5.32 Å². The van der Waals surface area contributed by atoms with Crippen LogP contribution in [0.15, 0.2) is 22.7 Å². The van der Waals surface area contributed by atoms with Gasteiger partial charge in [0.2, 0.25) is 0 Å². The van der Waals surface area contributed by atoms with Crippen molar-refractivity contribution >= 4 is 39.1 Å². The molecule has 1 amide bonds. The minimum Gasteiger partial charge on any atom is -0.317 e. The number of halogens is 5. The molecule has 0 bridgehead atoms. The molecule has 0 spiro atoms. The zero-order valence-corrected chi connectivity index (χ0v) is 9.37. The van der Waals surface area contributed by atoms with Crippen molar-refractivity contribution in [3.05, 3.63) is 27.7 Å². The van der Waals surface area contributed by atoms with Crippen LogP contribution in [0.25, 0.3) is 0 Å². The summed E-state index contributed by atoms with van der Waals surface area (Å²) in [7, 11) is 0. The Balaban J connectivity index is 2.91. The summed E-state index contributed by atoms with van der Waals surface area (Å²) in [4.78, 5) is 10.6. The van der Waals surface area contributed by atoms with Crippen molar-refractivity contribution in [2.75, 3.05) is 5.32 Å². The molecule has 1 aromatic carbocycles. The van der Waals surface area contributed by atoms with E-state index in [-0.39, 0.29) is 15.2 Å². The van der Waals surface area contributed by atoms with Gasteiger partial charge in [0.05, 0.1) is 15.2 Å². The zero-order valence-electron chi connectivity index (χ0n) is 7.03. The van der Waals surface area contributed by atoms with E-state index in [0.29, 0.717) is 0 Å². The predicted octanol–water partition coefficient (Wildman–Crippen LogP) is 3.60. The van der Waals surface area contributed by atoms with Gasteiger partial charge in [-0.2, -0.15) is 13.2 Å². The first kappa shape index (κ1) is 12.3. The van der Waals surface area contributed by atoms with Gasteiger partial charge in [-0.1, -0.05) is 17.7 Å². The van der Waals surface area contributed by atoms with Crippen molar-refractivity contribution in [1.29, 1.82) is 0 Å². The van der Waals surface area contributed by atoms with Gasteiger partial charge < -0.3 is 5.32 Å². The first-order chi connectivity index (χ1) is 6.82. The molecule has 0 aliphatic rings. The number of anilines is 1. The average Bonchev–Trinajstić information content (AvgIpc) is 2.11. The summed E-state index contributed by atoms with van der Waals surface area (Å²) in [5, 5.41) is 1.91. The van der Waals surface area contributed by atoms with Crippen LogP contribution in [0, 0.1) is 0 Å². The van der Waals surface area contributed by atoms with Gasteiger partial charge in [0.1, 0.15) is 0 Å². The van der Waals surface area contributed by atoms with Crippen LogP contribution in [0.1, 0.15) is 0 Å². The Hall–Kier alpha value is -0.750. The monoisotopic (exact) mass is 301 g/mol. The van der Waals surface area contributed by atoms with Crippen molar-refractivity contribution < 1.29 is 18.0 Å². The number of alkyl halides is 3. The van der Waals surface area contributed by atoms with Crippen LogP contribution in [-0.2, 0) is 4.79 Å². The second-order valence-corrected chi connectivity index (χ2v) is 3.75.